The van der Waals surface area contributed by atoms with Crippen molar-refractivity contribution in [2.45, 2.75) is 31.3 Å². The molecule has 1 fully saturated rings. The summed E-state index contributed by atoms with van der Waals surface area (Å²) in [6.45, 7) is 0.807. The van der Waals surface area contributed by atoms with Gasteiger partial charge in [0.05, 0.1) is 14.2 Å². The Morgan fingerprint density at radius 2 is 1.70 bits per heavy atom. The van der Waals surface area contributed by atoms with Gasteiger partial charge in [-0.3, -0.25) is 0 Å². The molecule has 0 heterocycles. The minimum absolute atomic E-state index is 0.170. The summed E-state index contributed by atoms with van der Waals surface area (Å²) in [4.78, 5) is 0. The van der Waals surface area contributed by atoms with Gasteiger partial charge >= 0.3 is 0 Å². The van der Waals surface area contributed by atoms with Crippen LogP contribution in [-0.4, -0.2) is 20.3 Å². The van der Waals surface area contributed by atoms with E-state index in [0.717, 1.165) is 30.9 Å². The number of halogens is 1. The van der Waals surface area contributed by atoms with Crippen molar-refractivity contribution in [3.05, 3.63) is 59.4 Å². The lowest BCUT2D eigenvalue weighted by Gasteiger charge is -2.36. The first-order valence-electron chi connectivity index (χ1n) is 7.89. The third-order valence-corrected chi connectivity index (χ3v) is 4.52. The maximum absolute atomic E-state index is 12.9. The summed E-state index contributed by atoms with van der Waals surface area (Å²) in [5, 5.41) is 3.56. The SMILES string of the molecule is COc1ccc(CNC2CC(c3ccc(F)cc3)C2)cc1OC. The van der Waals surface area contributed by atoms with Gasteiger partial charge in [-0.25, -0.2) is 4.39 Å². The Labute approximate surface area is 136 Å². The summed E-state index contributed by atoms with van der Waals surface area (Å²) >= 11 is 0. The van der Waals surface area contributed by atoms with E-state index < -0.39 is 0 Å². The number of nitrogens with one attached hydrogen (secondary N) is 1. The molecule has 122 valence electrons. The molecule has 0 saturated heterocycles. The molecule has 4 heteroatoms. The largest absolute Gasteiger partial charge is 0.493 e. The van der Waals surface area contributed by atoms with E-state index in [0.29, 0.717) is 12.0 Å². The molecule has 3 nitrogen and oxygen atoms in total. The zero-order valence-electron chi connectivity index (χ0n) is 13.5. The molecule has 0 bridgehead atoms. The minimum atomic E-state index is -0.170. The predicted octanol–water partition coefficient (Wildman–Crippen LogP) is 3.88. The van der Waals surface area contributed by atoms with Crippen LogP contribution in [0.3, 0.4) is 0 Å². The first-order valence-corrected chi connectivity index (χ1v) is 7.89. The molecule has 0 aliphatic heterocycles. The molecular formula is C19H22FNO2. The van der Waals surface area contributed by atoms with Gasteiger partial charge in [0.25, 0.3) is 0 Å². The second-order valence-corrected chi connectivity index (χ2v) is 5.99. The molecule has 3 rings (SSSR count). The lowest BCUT2D eigenvalue weighted by molar-refractivity contribution is 0.289. The number of ether oxygens (including phenoxy) is 2. The molecule has 23 heavy (non-hydrogen) atoms. The molecule has 2 aromatic carbocycles. The molecule has 0 spiro atoms. The highest BCUT2D eigenvalue weighted by atomic mass is 19.1. The van der Waals surface area contributed by atoms with Crippen LogP contribution in [0.15, 0.2) is 42.5 Å². The van der Waals surface area contributed by atoms with Crippen LogP contribution in [0.4, 0.5) is 4.39 Å². The predicted molar refractivity (Wildman–Crippen MR) is 88.5 cm³/mol. The van der Waals surface area contributed by atoms with Crippen molar-refractivity contribution in [1.29, 1.82) is 0 Å². The van der Waals surface area contributed by atoms with Crippen molar-refractivity contribution in [3.8, 4) is 11.5 Å². The molecule has 0 atom stereocenters. The van der Waals surface area contributed by atoms with E-state index in [4.69, 9.17) is 9.47 Å². The van der Waals surface area contributed by atoms with Gasteiger partial charge in [0.2, 0.25) is 0 Å². The zero-order chi connectivity index (χ0) is 16.2. The Bertz CT molecular complexity index is 651. The molecule has 2 aromatic rings. The first-order chi connectivity index (χ1) is 11.2. The standard InChI is InChI=1S/C19H22FNO2/c1-22-18-8-3-13(9-19(18)23-2)12-21-17-10-15(11-17)14-4-6-16(20)7-5-14/h3-9,15,17,21H,10-12H2,1-2H3. The summed E-state index contributed by atoms with van der Waals surface area (Å²) in [5.74, 6) is 1.87. The van der Waals surface area contributed by atoms with Crippen molar-refractivity contribution in [1.82, 2.24) is 5.32 Å². The van der Waals surface area contributed by atoms with Crippen LogP contribution in [0.5, 0.6) is 11.5 Å². The highest BCUT2D eigenvalue weighted by Gasteiger charge is 2.29. The van der Waals surface area contributed by atoms with Gasteiger partial charge < -0.3 is 14.8 Å². The number of rotatable bonds is 6. The summed E-state index contributed by atoms with van der Waals surface area (Å²) in [6, 6.07) is 13.4. The van der Waals surface area contributed by atoms with E-state index >= 15 is 0 Å². The summed E-state index contributed by atoms with van der Waals surface area (Å²) in [6.07, 6.45) is 2.19. The van der Waals surface area contributed by atoms with Crippen LogP contribution in [0.25, 0.3) is 0 Å². The Balaban J connectivity index is 1.50. The fourth-order valence-electron chi connectivity index (χ4n) is 3.04. The first kappa shape index (κ1) is 15.8. The van der Waals surface area contributed by atoms with E-state index in [2.05, 4.69) is 5.32 Å². The third-order valence-electron chi connectivity index (χ3n) is 4.52. The van der Waals surface area contributed by atoms with Crippen LogP contribution in [-0.2, 0) is 6.54 Å². The summed E-state index contributed by atoms with van der Waals surface area (Å²) in [5.41, 5.74) is 2.41. The second-order valence-electron chi connectivity index (χ2n) is 5.99. The zero-order valence-corrected chi connectivity index (χ0v) is 13.5. The van der Waals surface area contributed by atoms with E-state index in [-0.39, 0.29) is 5.82 Å². The Morgan fingerprint density at radius 1 is 1.00 bits per heavy atom. The normalized spacial score (nSPS) is 20.0. The average molecular weight is 315 g/mol. The van der Waals surface area contributed by atoms with Gasteiger partial charge in [-0.1, -0.05) is 18.2 Å². The molecule has 1 N–H and O–H groups in total. The molecule has 0 amide bonds. The van der Waals surface area contributed by atoms with Gasteiger partial charge in [0.15, 0.2) is 11.5 Å². The fourth-order valence-corrected chi connectivity index (χ4v) is 3.04. The lowest BCUT2D eigenvalue weighted by Crippen LogP contribution is -2.39. The topological polar surface area (TPSA) is 30.5 Å². The van der Waals surface area contributed by atoms with Gasteiger partial charge in [0.1, 0.15) is 5.82 Å². The van der Waals surface area contributed by atoms with E-state index in [9.17, 15) is 4.39 Å². The highest BCUT2D eigenvalue weighted by Crippen LogP contribution is 2.37. The van der Waals surface area contributed by atoms with Crippen LogP contribution < -0.4 is 14.8 Å². The molecule has 1 aliphatic rings. The monoisotopic (exact) mass is 315 g/mol. The molecule has 0 unspecified atom stereocenters. The van der Waals surface area contributed by atoms with Gasteiger partial charge in [0, 0.05) is 12.6 Å². The van der Waals surface area contributed by atoms with Crippen molar-refractivity contribution in [3.63, 3.8) is 0 Å². The van der Waals surface area contributed by atoms with Crippen molar-refractivity contribution in [2.75, 3.05) is 14.2 Å². The number of hydrogen-bond acceptors (Lipinski definition) is 3. The van der Waals surface area contributed by atoms with Crippen LogP contribution in [0.1, 0.15) is 29.9 Å². The van der Waals surface area contributed by atoms with E-state index in [1.807, 2.05) is 30.3 Å². The van der Waals surface area contributed by atoms with E-state index in [1.54, 1.807) is 26.4 Å². The minimum Gasteiger partial charge on any atom is -0.493 e. The summed E-state index contributed by atoms with van der Waals surface area (Å²) in [7, 11) is 3.29. The number of methoxy groups -OCH3 is 2. The number of benzene rings is 2. The quantitative estimate of drug-likeness (QED) is 0.877. The molecule has 0 radical (unpaired) electrons. The van der Waals surface area contributed by atoms with Gasteiger partial charge in [-0.2, -0.15) is 0 Å². The second kappa shape index (κ2) is 7.01. The van der Waals surface area contributed by atoms with E-state index in [1.165, 1.54) is 11.1 Å². The Kier molecular flexibility index (Phi) is 4.82. The van der Waals surface area contributed by atoms with Crippen LogP contribution in [0, 0.1) is 5.82 Å². The molecular weight excluding hydrogens is 293 g/mol. The van der Waals surface area contributed by atoms with Crippen molar-refractivity contribution < 1.29 is 13.9 Å². The smallest absolute Gasteiger partial charge is 0.161 e. The third kappa shape index (κ3) is 3.64. The van der Waals surface area contributed by atoms with Crippen molar-refractivity contribution >= 4 is 0 Å². The summed E-state index contributed by atoms with van der Waals surface area (Å²) < 4.78 is 23.5. The maximum Gasteiger partial charge on any atom is 0.161 e. The molecule has 1 saturated carbocycles. The van der Waals surface area contributed by atoms with Crippen molar-refractivity contribution in [2.24, 2.45) is 0 Å². The average Bonchev–Trinajstić information content (AvgIpc) is 2.54. The molecule has 0 aromatic heterocycles. The highest BCUT2D eigenvalue weighted by molar-refractivity contribution is 5.42. The lowest BCUT2D eigenvalue weighted by atomic mass is 9.76. The molecule has 1 aliphatic carbocycles. The van der Waals surface area contributed by atoms with Crippen LogP contribution in [0.2, 0.25) is 0 Å². The maximum atomic E-state index is 12.9. The fraction of sp³-hybridized carbons (Fsp3) is 0.368. The Morgan fingerprint density at radius 3 is 2.35 bits per heavy atom. The number of hydrogen-bond donors (Lipinski definition) is 1. The van der Waals surface area contributed by atoms with Gasteiger partial charge in [-0.15, -0.1) is 0 Å². The Hall–Kier alpha value is -2.07. The van der Waals surface area contributed by atoms with Crippen LogP contribution >= 0.6 is 0 Å². The van der Waals surface area contributed by atoms with Gasteiger partial charge in [-0.05, 0) is 54.2 Å².